The molecule has 0 bridgehead atoms. The Balaban J connectivity index is 2.12. The van der Waals surface area contributed by atoms with Gasteiger partial charge in [0.05, 0.1) is 12.6 Å². The monoisotopic (exact) mass is 409 g/mol. The first kappa shape index (κ1) is 16.4. The second kappa shape index (κ2) is 6.59. The number of halogens is 2. The molecule has 1 heterocycles. The van der Waals surface area contributed by atoms with Gasteiger partial charge in [-0.2, -0.15) is 0 Å². The van der Waals surface area contributed by atoms with Gasteiger partial charge in [-0.25, -0.2) is 4.79 Å². The molecule has 0 aliphatic rings. The lowest BCUT2D eigenvalue weighted by atomic mass is 10.2. The molecule has 118 valence electrons. The standard InChI is InChI=1S/C17H13BrClNO2S/c1-9-7-14(23-11-5-3-10(19)4-6-11)12-8-13(17(21)22-2)20-16(12)15(9)18/h3-8,20H,1-2H3. The van der Waals surface area contributed by atoms with Gasteiger partial charge in [0, 0.05) is 24.7 Å². The summed E-state index contributed by atoms with van der Waals surface area (Å²) < 4.78 is 5.75. The second-order valence-electron chi connectivity index (χ2n) is 5.02. The van der Waals surface area contributed by atoms with Crippen molar-refractivity contribution in [2.75, 3.05) is 7.11 Å². The predicted octanol–water partition coefficient (Wildman–Crippen LogP) is 5.83. The lowest BCUT2D eigenvalue weighted by Gasteiger charge is -2.07. The van der Waals surface area contributed by atoms with E-state index in [4.69, 9.17) is 16.3 Å². The predicted molar refractivity (Wildman–Crippen MR) is 97.7 cm³/mol. The number of esters is 1. The van der Waals surface area contributed by atoms with Crippen LogP contribution in [0.15, 0.2) is 50.7 Å². The zero-order valence-corrected chi connectivity index (χ0v) is 15.6. The Kier molecular flexibility index (Phi) is 4.71. The molecule has 0 atom stereocenters. The van der Waals surface area contributed by atoms with Crippen LogP contribution in [-0.4, -0.2) is 18.1 Å². The van der Waals surface area contributed by atoms with E-state index in [0.29, 0.717) is 10.7 Å². The highest BCUT2D eigenvalue weighted by Crippen LogP contribution is 2.39. The molecule has 1 N–H and O–H groups in total. The fourth-order valence-electron chi connectivity index (χ4n) is 2.29. The van der Waals surface area contributed by atoms with Gasteiger partial charge in [-0.05, 0) is 64.8 Å². The van der Waals surface area contributed by atoms with Crippen molar-refractivity contribution in [3.8, 4) is 0 Å². The third-order valence-corrected chi connectivity index (χ3v) is 5.78. The molecule has 23 heavy (non-hydrogen) atoms. The number of methoxy groups -OCH3 is 1. The third kappa shape index (κ3) is 3.27. The van der Waals surface area contributed by atoms with Crippen LogP contribution in [0, 0.1) is 6.92 Å². The molecule has 0 amide bonds. The first-order valence-electron chi connectivity index (χ1n) is 6.83. The molecule has 3 rings (SSSR count). The number of hydrogen-bond donors (Lipinski definition) is 1. The van der Waals surface area contributed by atoms with Crippen molar-refractivity contribution in [1.82, 2.24) is 4.98 Å². The zero-order valence-electron chi connectivity index (χ0n) is 12.4. The topological polar surface area (TPSA) is 42.1 Å². The number of fused-ring (bicyclic) bond motifs is 1. The van der Waals surface area contributed by atoms with Crippen LogP contribution in [0.3, 0.4) is 0 Å². The largest absolute Gasteiger partial charge is 0.464 e. The number of aryl methyl sites for hydroxylation is 1. The molecule has 0 fully saturated rings. The molecule has 0 spiro atoms. The fraction of sp³-hybridized carbons (Fsp3) is 0.118. The summed E-state index contributed by atoms with van der Waals surface area (Å²) in [6.07, 6.45) is 0. The molecular weight excluding hydrogens is 398 g/mol. The van der Waals surface area contributed by atoms with Gasteiger partial charge in [-0.3, -0.25) is 0 Å². The summed E-state index contributed by atoms with van der Waals surface area (Å²) in [4.78, 5) is 17.1. The summed E-state index contributed by atoms with van der Waals surface area (Å²) in [6.45, 7) is 2.02. The molecule has 0 aliphatic heterocycles. The quantitative estimate of drug-likeness (QED) is 0.552. The molecule has 3 aromatic rings. The molecule has 0 unspecified atom stereocenters. The Labute approximate surface area is 151 Å². The Hall–Kier alpha value is -1.43. The molecule has 0 saturated heterocycles. The van der Waals surface area contributed by atoms with Crippen LogP contribution in [0.4, 0.5) is 0 Å². The lowest BCUT2D eigenvalue weighted by molar-refractivity contribution is 0.0595. The van der Waals surface area contributed by atoms with Gasteiger partial charge in [0.25, 0.3) is 0 Å². The van der Waals surface area contributed by atoms with Crippen LogP contribution in [0.2, 0.25) is 5.02 Å². The van der Waals surface area contributed by atoms with Gasteiger partial charge in [0.15, 0.2) is 0 Å². The number of carbonyl (C=O) groups excluding carboxylic acids is 1. The van der Waals surface area contributed by atoms with Crippen LogP contribution in [0.25, 0.3) is 10.9 Å². The van der Waals surface area contributed by atoms with Crippen molar-refractivity contribution in [2.45, 2.75) is 16.7 Å². The van der Waals surface area contributed by atoms with E-state index in [9.17, 15) is 4.79 Å². The van der Waals surface area contributed by atoms with Crippen LogP contribution in [-0.2, 0) is 4.74 Å². The number of benzene rings is 2. The van der Waals surface area contributed by atoms with E-state index in [2.05, 4.69) is 27.0 Å². The fourth-order valence-corrected chi connectivity index (χ4v) is 3.88. The maximum absolute atomic E-state index is 11.8. The lowest BCUT2D eigenvalue weighted by Crippen LogP contribution is -2.00. The van der Waals surface area contributed by atoms with Crippen molar-refractivity contribution in [2.24, 2.45) is 0 Å². The third-order valence-electron chi connectivity index (χ3n) is 3.44. The zero-order chi connectivity index (χ0) is 16.6. The highest BCUT2D eigenvalue weighted by molar-refractivity contribution is 9.10. The first-order valence-corrected chi connectivity index (χ1v) is 8.82. The molecule has 2 aromatic carbocycles. The number of aromatic amines is 1. The number of aromatic nitrogens is 1. The van der Waals surface area contributed by atoms with E-state index < -0.39 is 0 Å². The minimum atomic E-state index is -0.381. The highest BCUT2D eigenvalue weighted by Gasteiger charge is 2.16. The van der Waals surface area contributed by atoms with Crippen LogP contribution in [0.5, 0.6) is 0 Å². The van der Waals surface area contributed by atoms with Crippen molar-refractivity contribution in [1.29, 1.82) is 0 Å². The molecule has 0 radical (unpaired) electrons. The number of nitrogens with one attached hydrogen (secondary N) is 1. The Morgan fingerprint density at radius 2 is 1.96 bits per heavy atom. The molecule has 0 aliphatic carbocycles. The molecule has 3 nitrogen and oxygen atoms in total. The molecular formula is C17H13BrClNO2S. The summed E-state index contributed by atoms with van der Waals surface area (Å²) in [6, 6.07) is 11.6. The molecule has 0 saturated carbocycles. The first-order chi connectivity index (χ1) is 11.0. The summed E-state index contributed by atoms with van der Waals surface area (Å²) in [5, 5.41) is 1.68. The van der Waals surface area contributed by atoms with E-state index in [1.165, 1.54) is 7.11 Å². The minimum absolute atomic E-state index is 0.381. The Morgan fingerprint density at radius 1 is 1.26 bits per heavy atom. The molecule has 1 aromatic heterocycles. The van der Waals surface area contributed by atoms with Gasteiger partial charge in [0.1, 0.15) is 5.69 Å². The number of H-pyrrole nitrogens is 1. The smallest absolute Gasteiger partial charge is 0.354 e. The summed E-state index contributed by atoms with van der Waals surface area (Å²) in [7, 11) is 1.37. The SMILES string of the molecule is COC(=O)c1cc2c(Sc3ccc(Cl)cc3)cc(C)c(Br)c2[nH]1. The molecule has 6 heteroatoms. The second-order valence-corrected chi connectivity index (χ2v) is 7.37. The van der Waals surface area contributed by atoms with Gasteiger partial charge in [-0.15, -0.1) is 0 Å². The van der Waals surface area contributed by atoms with E-state index in [-0.39, 0.29) is 5.97 Å². The van der Waals surface area contributed by atoms with E-state index in [0.717, 1.165) is 30.7 Å². The minimum Gasteiger partial charge on any atom is -0.464 e. The van der Waals surface area contributed by atoms with Gasteiger partial charge in [-0.1, -0.05) is 23.4 Å². The summed E-state index contributed by atoms with van der Waals surface area (Å²) in [5.41, 5.74) is 2.42. The van der Waals surface area contributed by atoms with Crippen LogP contribution >= 0.6 is 39.3 Å². The van der Waals surface area contributed by atoms with Gasteiger partial charge >= 0.3 is 5.97 Å². The highest BCUT2D eigenvalue weighted by atomic mass is 79.9. The van der Waals surface area contributed by atoms with Crippen molar-refractivity contribution in [3.05, 3.63) is 57.2 Å². The van der Waals surface area contributed by atoms with Gasteiger partial charge in [0.2, 0.25) is 0 Å². The Morgan fingerprint density at radius 3 is 2.61 bits per heavy atom. The van der Waals surface area contributed by atoms with Gasteiger partial charge < -0.3 is 9.72 Å². The normalized spacial score (nSPS) is 11.0. The Bertz CT molecular complexity index is 890. The summed E-state index contributed by atoms with van der Waals surface area (Å²) >= 11 is 11.2. The number of ether oxygens (including phenoxy) is 1. The maximum atomic E-state index is 11.8. The van der Waals surface area contributed by atoms with Crippen molar-refractivity contribution < 1.29 is 9.53 Å². The number of carbonyl (C=O) groups is 1. The maximum Gasteiger partial charge on any atom is 0.354 e. The van der Waals surface area contributed by atoms with E-state index in [1.54, 1.807) is 11.8 Å². The van der Waals surface area contributed by atoms with Crippen LogP contribution < -0.4 is 0 Å². The van der Waals surface area contributed by atoms with Crippen molar-refractivity contribution >= 4 is 56.2 Å². The van der Waals surface area contributed by atoms with E-state index in [1.807, 2.05) is 37.3 Å². The summed E-state index contributed by atoms with van der Waals surface area (Å²) in [5.74, 6) is -0.381. The number of rotatable bonds is 3. The van der Waals surface area contributed by atoms with E-state index >= 15 is 0 Å². The van der Waals surface area contributed by atoms with Crippen molar-refractivity contribution in [3.63, 3.8) is 0 Å². The average molecular weight is 411 g/mol. The number of hydrogen-bond acceptors (Lipinski definition) is 3. The van der Waals surface area contributed by atoms with Crippen LogP contribution in [0.1, 0.15) is 16.1 Å². The average Bonchev–Trinajstić information content (AvgIpc) is 2.99.